The Labute approximate surface area is 204 Å². The Bertz CT molecular complexity index is 1090. The van der Waals surface area contributed by atoms with Crippen LogP contribution in [0.1, 0.15) is 77.5 Å². The van der Waals surface area contributed by atoms with E-state index in [2.05, 4.69) is 12.2 Å². The van der Waals surface area contributed by atoms with Crippen LogP contribution in [0.5, 0.6) is 5.75 Å². The summed E-state index contributed by atoms with van der Waals surface area (Å²) in [4.78, 5) is 12.3. The first kappa shape index (κ1) is 26.2. The van der Waals surface area contributed by atoms with Crippen molar-refractivity contribution in [3.8, 4) is 5.75 Å². The van der Waals surface area contributed by atoms with E-state index in [0.717, 1.165) is 24.8 Å². The van der Waals surface area contributed by atoms with Crippen LogP contribution in [0, 0.1) is 0 Å². The van der Waals surface area contributed by atoms with Gasteiger partial charge in [-0.2, -0.15) is 0 Å². The molecule has 0 amide bonds. The predicted molar refractivity (Wildman–Crippen MR) is 134 cm³/mol. The van der Waals surface area contributed by atoms with Crippen LogP contribution in [-0.2, 0) is 19.4 Å². The zero-order valence-electron chi connectivity index (χ0n) is 20.9. The van der Waals surface area contributed by atoms with Crippen LogP contribution in [0.4, 0.5) is 0 Å². The van der Waals surface area contributed by atoms with Crippen LogP contribution in [0.2, 0.25) is 0 Å². The molecule has 3 rings (SSSR count). The molecule has 0 saturated heterocycles. The molecule has 1 aliphatic rings. The highest BCUT2D eigenvalue weighted by Gasteiger charge is 2.41. The maximum absolute atomic E-state index is 13.7. The lowest BCUT2D eigenvalue weighted by Gasteiger charge is -2.35. The van der Waals surface area contributed by atoms with Crippen molar-refractivity contribution in [3.05, 3.63) is 59.7 Å². The van der Waals surface area contributed by atoms with Gasteiger partial charge >= 0.3 is 5.97 Å². The molecule has 0 spiro atoms. The zero-order chi connectivity index (χ0) is 25.0. The number of rotatable bonds is 8. The Morgan fingerprint density at radius 3 is 2.44 bits per heavy atom. The first-order chi connectivity index (χ1) is 16.0. The molecule has 186 valence electrons. The molecule has 0 unspecified atom stereocenters. The van der Waals surface area contributed by atoms with Crippen LogP contribution in [0.25, 0.3) is 0 Å². The Kier molecular flexibility index (Phi) is 8.09. The van der Waals surface area contributed by atoms with Gasteiger partial charge in [-0.3, -0.25) is 5.32 Å². The molecule has 0 bridgehead atoms. The Morgan fingerprint density at radius 1 is 1.12 bits per heavy atom. The molecule has 0 aliphatic carbocycles. The quantitative estimate of drug-likeness (QED) is 0.515. The first-order valence-corrected chi connectivity index (χ1v) is 13.7. The molecule has 1 heterocycles. The van der Waals surface area contributed by atoms with Crippen molar-refractivity contribution in [3.63, 3.8) is 0 Å². The van der Waals surface area contributed by atoms with E-state index in [1.54, 1.807) is 39.0 Å². The molecule has 1 aliphatic heterocycles. The lowest BCUT2D eigenvalue weighted by atomic mass is 9.88. The van der Waals surface area contributed by atoms with E-state index in [4.69, 9.17) is 9.47 Å². The smallest absolute Gasteiger partial charge is 0.344 e. The van der Waals surface area contributed by atoms with Crippen molar-refractivity contribution >= 4 is 15.8 Å². The molecule has 0 radical (unpaired) electrons. The number of benzene rings is 2. The van der Waals surface area contributed by atoms with Crippen LogP contribution >= 0.6 is 0 Å². The lowest BCUT2D eigenvalue weighted by molar-refractivity contribution is -0.157. The molecular formula is C27H37NO5S. The maximum atomic E-state index is 13.7. The lowest BCUT2D eigenvalue weighted by Crippen LogP contribution is -2.50. The van der Waals surface area contributed by atoms with E-state index in [1.807, 2.05) is 37.3 Å². The highest BCUT2D eigenvalue weighted by atomic mass is 32.2. The molecule has 2 aromatic rings. The fourth-order valence-corrected chi connectivity index (χ4v) is 6.60. The van der Waals surface area contributed by atoms with Gasteiger partial charge in [-0.15, -0.1) is 0 Å². The summed E-state index contributed by atoms with van der Waals surface area (Å²) in [7, 11) is -3.62. The number of sulfone groups is 1. The molecule has 0 aromatic heterocycles. The van der Waals surface area contributed by atoms with Crippen molar-refractivity contribution in [1.29, 1.82) is 0 Å². The van der Waals surface area contributed by atoms with E-state index in [1.165, 1.54) is 0 Å². The number of unbranched alkanes of at least 4 members (excludes halogenated alkanes) is 1. The fourth-order valence-electron chi connectivity index (χ4n) is 4.44. The third kappa shape index (κ3) is 6.39. The summed E-state index contributed by atoms with van der Waals surface area (Å²) in [6.07, 6.45) is 3.41. The van der Waals surface area contributed by atoms with Crippen molar-refractivity contribution in [2.24, 2.45) is 0 Å². The van der Waals surface area contributed by atoms with Crippen LogP contribution in [0.15, 0.2) is 53.4 Å². The summed E-state index contributed by atoms with van der Waals surface area (Å²) in [6, 6.07) is 14.7. The maximum Gasteiger partial charge on any atom is 0.344 e. The van der Waals surface area contributed by atoms with E-state index in [-0.39, 0.29) is 23.3 Å². The van der Waals surface area contributed by atoms with Gasteiger partial charge in [-0.05, 0) is 56.9 Å². The summed E-state index contributed by atoms with van der Waals surface area (Å²) >= 11 is 0. The van der Waals surface area contributed by atoms with Gasteiger partial charge in [-0.1, -0.05) is 63.1 Å². The number of carbonyl (C=O) groups is 1. The van der Waals surface area contributed by atoms with E-state index in [9.17, 15) is 13.2 Å². The minimum atomic E-state index is -3.62. The van der Waals surface area contributed by atoms with Crippen LogP contribution in [0.3, 0.4) is 0 Å². The summed E-state index contributed by atoms with van der Waals surface area (Å²) in [5.41, 5.74) is 0.556. The monoisotopic (exact) mass is 487 g/mol. The Hall–Kier alpha value is -2.38. The molecule has 34 heavy (non-hydrogen) atoms. The van der Waals surface area contributed by atoms with Gasteiger partial charge in [0.05, 0.1) is 16.7 Å². The summed E-state index contributed by atoms with van der Waals surface area (Å²) in [6.45, 7) is 9.24. The molecule has 7 heteroatoms. The number of hydrogen-bond donors (Lipinski definition) is 1. The molecule has 2 aromatic carbocycles. The molecule has 0 fully saturated rings. The summed E-state index contributed by atoms with van der Waals surface area (Å²) in [5, 5.41) is 3.74. The van der Waals surface area contributed by atoms with Gasteiger partial charge in [0.15, 0.2) is 16.4 Å². The highest BCUT2D eigenvalue weighted by molar-refractivity contribution is 7.91. The third-order valence-electron chi connectivity index (χ3n) is 6.14. The SMILES string of the molecule is CCCC[C@@]1(CC)CS(=O)(=O)c2cc(OCC(=O)OC(C)(C)C)ccc2[C@H](c2ccccc2)N1. The molecule has 0 saturated carbocycles. The van der Waals surface area contributed by atoms with Gasteiger partial charge in [0.1, 0.15) is 11.4 Å². The van der Waals surface area contributed by atoms with Crippen molar-refractivity contribution in [1.82, 2.24) is 5.32 Å². The average Bonchev–Trinajstić information content (AvgIpc) is 2.88. The topological polar surface area (TPSA) is 81.7 Å². The summed E-state index contributed by atoms with van der Waals surface area (Å²) < 4.78 is 38.3. The van der Waals surface area contributed by atoms with Gasteiger partial charge in [0.2, 0.25) is 0 Å². The molecule has 6 nitrogen and oxygen atoms in total. The molecular weight excluding hydrogens is 450 g/mol. The van der Waals surface area contributed by atoms with E-state index >= 15 is 0 Å². The first-order valence-electron chi connectivity index (χ1n) is 12.0. The third-order valence-corrected chi connectivity index (χ3v) is 8.10. The predicted octanol–water partition coefficient (Wildman–Crippen LogP) is 5.21. The van der Waals surface area contributed by atoms with Crippen molar-refractivity contribution in [2.75, 3.05) is 12.4 Å². The minimum absolute atomic E-state index is 0.0162. The number of hydrogen-bond acceptors (Lipinski definition) is 6. The van der Waals surface area contributed by atoms with Gasteiger partial charge in [-0.25, -0.2) is 13.2 Å². The van der Waals surface area contributed by atoms with Gasteiger partial charge < -0.3 is 9.47 Å². The Balaban J connectivity index is 2.02. The largest absolute Gasteiger partial charge is 0.482 e. The molecule has 1 N–H and O–H groups in total. The van der Waals surface area contributed by atoms with Crippen LogP contribution in [-0.4, -0.2) is 37.9 Å². The zero-order valence-corrected chi connectivity index (χ0v) is 21.7. The Morgan fingerprint density at radius 2 is 1.82 bits per heavy atom. The fraction of sp³-hybridized carbons (Fsp3) is 0.519. The van der Waals surface area contributed by atoms with Crippen molar-refractivity contribution < 1.29 is 22.7 Å². The second-order valence-electron chi connectivity index (χ2n) is 10.1. The molecule has 2 atom stereocenters. The van der Waals surface area contributed by atoms with E-state index in [0.29, 0.717) is 17.7 Å². The van der Waals surface area contributed by atoms with Crippen molar-refractivity contribution in [2.45, 2.75) is 82.4 Å². The standard InChI is InChI=1S/C27H37NO5S/c1-6-8-16-27(7-2)19-34(30,31)23-17-21(32-18-24(29)33-26(3,4)5)14-15-22(23)25(28-27)20-12-10-9-11-13-20/h9-15,17,25,28H,6-8,16,18-19H2,1-5H3/t25-,27-/m0/s1. The summed E-state index contributed by atoms with van der Waals surface area (Å²) in [5.74, 6) is -0.154. The van der Waals surface area contributed by atoms with Gasteiger partial charge in [0.25, 0.3) is 0 Å². The van der Waals surface area contributed by atoms with E-state index < -0.39 is 26.9 Å². The van der Waals surface area contributed by atoms with Crippen LogP contribution < -0.4 is 10.1 Å². The second kappa shape index (κ2) is 10.5. The second-order valence-corrected chi connectivity index (χ2v) is 12.0. The van der Waals surface area contributed by atoms with Gasteiger partial charge in [0, 0.05) is 5.54 Å². The number of nitrogens with one attached hydrogen (secondary N) is 1. The number of carbonyl (C=O) groups excluding carboxylic acids is 1. The average molecular weight is 488 g/mol. The minimum Gasteiger partial charge on any atom is -0.482 e. The normalized spacial score (nSPS) is 21.9. The number of fused-ring (bicyclic) bond motifs is 1. The highest BCUT2D eigenvalue weighted by Crippen LogP contribution is 2.39. The number of esters is 1. The number of ether oxygens (including phenoxy) is 2.